The van der Waals surface area contributed by atoms with E-state index in [-0.39, 0.29) is 5.97 Å². The molecule has 0 atom stereocenters. The summed E-state index contributed by atoms with van der Waals surface area (Å²) in [5.74, 6) is -0.216. The molecule has 4 nitrogen and oxygen atoms in total. The van der Waals surface area contributed by atoms with Crippen LogP contribution in [0.1, 0.15) is 19.4 Å². The molecule has 0 aliphatic carbocycles. The molecule has 0 saturated carbocycles. The predicted octanol–water partition coefficient (Wildman–Crippen LogP) is 1.97. The quantitative estimate of drug-likeness (QED) is 0.782. The van der Waals surface area contributed by atoms with Crippen LogP contribution >= 0.6 is 0 Å². The number of esters is 1. The van der Waals surface area contributed by atoms with Crippen LogP contribution in [0, 0.1) is 0 Å². The number of ether oxygens (including phenoxy) is 2. The van der Waals surface area contributed by atoms with Crippen LogP contribution in [0.4, 0.5) is 5.69 Å². The molecule has 0 radical (unpaired) electrons. The highest BCUT2D eigenvalue weighted by atomic mass is 16.5. The summed E-state index contributed by atoms with van der Waals surface area (Å²) in [6.45, 7) is 7.13. The highest BCUT2D eigenvalue weighted by Crippen LogP contribution is 2.27. The molecule has 4 heteroatoms. The first-order valence-electron chi connectivity index (χ1n) is 6.57. The molecule has 0 N–H and O–H groups in total. The highest BCUT2D eigenvalue weighted by Gasteiger charge is 2.30. The lowest BCUT2D eigenvalue weighted by molar-refractivity contribution is -0.146. The zero-order valence-corrected chi connectivity index (χ0v) is 11.8. The Balaban J connectivity index is 2.15. The topological polar surface area (TPSA) is 38.8 Å². The van der Waals surface area contributed by atoms with E-state index in [0.29, 0.717) is 0 Å². The van der Waals surface area contributed by atoms with Crippen LogP contribution in [0.2, 0.25) is 0 Å². The second-order valence-corrected chi connectivity index (χ2v) is 5.26. The molecule has 1 aliphatic heterocycles. The van der Waals surface area contributed by atoms with Crippen molar-refractivity contribution in [1.82, 2.24) is 0 Å². The smallest absolute Gasteiger partial charge is 0.315 e. The van der Waals surface area contributed by atoms with Gasteiger partial charge < -0.3 is 14.4 Å². The molecule has 1 saturated heterocycles. The molecular weight excluding hydrogens is 242 g/mol. The average molecular weight is 263 g/mol. The van der Waals surface area contributed by atoms with Gasteiger partial charge in [-0.15, -0.1) is 0 Å². The molecule has 1 heterocycles. The van der Waals surface area contributed by atoms with Crippen molar-refractivity contribution >= 4 is 11.7 Å². The van der Waals surface area contributed by atoms with E-state index < -0.39 is 5.41 Å². The number of anilines is 1. The van der Waals surface area contributed by atoms with Crippen molar-refractivity contribution in [3.63, 3.8) is 0 Å². The van der Waals surface area contributed by atoms with Crippen molar-refractivity contribution in [3.05, 3.63) is 29.8 Å². The number of carbonyl (C=O) groups is 1. The van der Waals surface area contributed by atoms with E-state index in [1.807, 2.05) is 26.0 Å². The molecule has 1 aliphatic rings. The largest absolute Gasteiger partial charge is 0.468 e. The van der Waals surface area contributed by atoms with Crippen LogP contribution in [0.3, 0.4) is 0 Å². The van der Waals surface area contributed by atoms with Gasteiger partial charge >= 0.3 is 5.97 Å². The van der Waals surface area contributed by atoms with Gasteiger partial charge in [-0.3, -0.25) is 4.79 Å². The van der Waals surface area contributed by atoms with Crippen LogP contribution in [0.25, 0.3) is 0 Å². The van der Waals surface area contributed by atoms with Gasteiger partial charge in [-0.2, -0.15) is 0 Å². The average Bonchev–Trinajstić information content (AvgIpc) is 2.47. The monoisotopic (exact) mass is 263 g/mol. The van der Waals surface area contributed by atoms with E-state index in [2.05, 4.69) is 17.0 Å². The third kappa shape index (κ3) is 2.89. The predicted molar refractivity (Wildman–Crippen MR) is 74.5 cm³/mol. The number of morpholine rings is 1. The summed E-state index contributed by atoms with van der Waals surface area (Å²) >= 11 is 0. The molecule has 1 fully saturated rings. The van der Waals surface area contributed by atoms with E-state index in [0.717, 1.165) is 31.9 Å². The molecule has 1 aromatic carbocycles. The van der Waals surface area contributed by atoms with Crippen molar-refractivity contribution in [1.29, 1.82) is 0 Å². The summed E-state index contributed by atoms with van der Waals surface area (Å²) in [5, 5.41) is 0. The second kappa shape index (κ2) is 5.61. The van der Waals surface area contributed by atoms with Gasteiger partial charge in [0.25, 0.3) is 0 Å². The Labute approximate surface area is 114 Å². The minimum Gasteiger partial charge on any atom is -0.468 e. The summed E-state index contributed by atoms with van der Waals surface area (Å²) in [6.07, 6.45) is 0. The van der Waals surface area contributed by atoms with E-state index in [1.54, 1.807) is 0 Å². The zero-order chi connectivity index (χ0) is 13.9. The molecule has 0 unspecified atom stereocenters. The van der Waals surface area contributed by atoms with Gasteiger partial charge in [0.1, 0.15) is 0 Å². The molecule has 0 spiro atoms. The van der Waals surface area contributed by atoms with Crippen LogP contribution < -0.4 is 4.90 Å². The SMILES string of the molecule is COC(=O)C(C)(C)c1ccc(N2CCOCC2)cc1. The Hall–Kier alpha value is -1.55. The van der Waals surface area contributed by atoms with Crippen molar-refractivity contribution in [2.24, 2.45) is 0 Å². The van der Waals surface area contributed by atoms with Gasteiger partial charge in [0, 0.05) is 18.8 Å². The molecule has 0 aromatic heterocycles. The number of benzene rings is 1. The van der Waals surface area contributed by atoms with Gasteiger partial charge in [-0.05, 0) is 31.5 Å². The maximum atomic E-state index is 11.8. The van der Waals surface area contributed by atoms with Crippen molar-refractivity contribution in [2.75, 3.05) is 38.3 Å². The van der Waals surface area contributed by atoms with E-state index in [1.165, 1.54) is 12.8 Å². The van der Waals surface area contributed by atoms with Crippen LogP contribution in [0.15, 0.2) is 24.3 Å². The fraction of sp³-hybridized carbons (Fsp3) is 0.533. The van der Waals surface area contributed by atoms with Crippen LogP contribution in [-0.4, -0.2) is 39.4 Å². The van der Waals surface area contributed by atoms with Gasteiger partial charge in [-0.1, -0.05) is 12.1 Å². The number of methoxy groups -OCH3 is 1. The molecule has 0 amide bonds. The fourth-order valence-electron chi connectivity index (χ4n) is 2.28. The lowest BCUT2D eigenvalue weighted by atomic mass is 9.84. The van der Waals surface area contributed by atoms with Crippen LogP contribution in [0.5, 0.6) is 0 Å². The number of hydrogen-bond acceptors (Lipinski definition) is 4. The minimum absolute atomic E-state index is 0.216. The fourth-order valence-corrected chi connectivity index (χ4v) is 2.28. The van der Waals surface area contributed by atoms with Crippen LogP contribution in [-0.2, 0) is 19.7 Å². The number of rotatable bonds is 3. The summed E-state index contributed by atoms with van der Waals surface area (Å²) in [7, 11) is 1.42. The van der Waals surface area contributed by atoms with E-state index in [9.17, 15) is 4.79 Å². The molecule has 0 bridgehead atoms. The molecule has 19 heavy (non-hydrogen) atoms. The van der Waals surface area contributed by atoms with Crippen molar-refractivity contribution in [3.8, 4) is 0 Å². The Kier molecular flexibility index (Phi) is 4.10. The summed E-state index contributed by atoms with van der Waals surface area (Å²) < 4.78 is 10.2. The molecule has 104 valence electrons. The first-order valence-corrected chi connectivity index (χ1v) is 6.57. The first kappa shape index (κ1) is 13.9. The maximum absolute atomic E-state index is 11.8. The third-order valence-electron chi connectivity index (χ3n) is 3.66. The van der Waals surface area contributed by atoms with Gasteiger partial charge in [0.2, 0.25) is 0 Å². The number of hydrogen-bond donors (Lipinski definition) is 0. The lowest BCUT2D eigenvalue weighted by Crippen LogP contribution is -2.36. The summed E-state index contributed by atoms with van der Waals surface area (Å²) in [4.78, 5) is 14.1. The molecule has 2 rings (SSSR count). The normalized spacial score (nSPS) is 16.3. The Morgan fingerprint density at radius 2 is 1.79 bits per heavy atom. The van der Waals surface area contributed by atoms with Gasteiger partial charge in [-0.25, -0.2) is 0 Å². The number of carbonyl (C=O) groups excluding carboxylic acids is 1. The Morgan fingerprint density at radius 3 is 2.32 bits per heavy atom. The summed E-state index contributed by atoms with van der Waals surface area (Å²) in [6, 6.07) is 8.13. The van der Waals surface area contributed by atoms with Crippen molar-refractivity contribution in [2.45, 2.75) is 19.3 Å². The standard InChI is InChI=1S/C15H21NO3/c1-15(2,14(17)18-3)12-4-6-13(7-5-12)16-8-10-19-11-9-16/h4-7H,8-11H2,1-3H3. The molecule has 1 aromatic rings. The van der Waals surface area contributed by atoms with Gasteiger partial charge in [0.15, 0.2) is 0 Å². The zero-order valence-electron chi connectivity index (χ0n) is 11.8. The van der Waals surface area contributed by atoms with E-state index >= 15 is 0 Å². The van der Waals surface area contributed by atoms with E-state index in [4.69, 9.17) is 9.47 Å². The highest BCUT2D eigenvalue weighted by molar-refractivity contribution is 5.82. The lowest BCUT2D eigenvalue weighted by Gasteiger charge is -2.29. The maximum Gasteiger partial charge on any atom is 0.315 e. The first-order chi connectivity index (χ1) is 9.05. The third-order valence-corrected chi connectivity index (χ3v) is 3.66. The van der Waals surface area contributed by atoms with Crippen molar-refractivity contribution < 1.29 is 14.3 Å². The Morgan fingerprint density at radius 1 is 1.21 bits per heavy atom. The number of nitrogens with zero attached hydrogens (tertiary/aromatic N) is 1. The minimum atomic E-state index is -0.613. The second-order valence-electron chi connectivity index (χ2n) is 5.26. The summed E-state index contributed by atoms with van der Waals surface area (Å²) in [5.41, 5.74) is 1.53. The van der Waals surface area contributed by atoms with Gasteiger partial charge in [0.05, 0.1) is 25.7 Å². The molecular formula is C15H21NO3. The Bertz CT molecular complexity index is 433.